The fraction of sp³-hybridized carbons (Fsp3) is 0.538. The first-order valence-corrected chi connectivity index (χ1v) is 12.0. The average molecular weight is 453 g/mol. The van der Waals surface area contributed by atoms with Crippen LogP contribution in [0.3, 0.4) is 0 Å². The second kappa shape index (κ2) is 11.0. The molecule has 0 aliphatic carbocycles. The maximum atomic E-state index is 13.4. The van der Waals surface area contributed by atoms with Crippen LogP contribution >= 0.6 is 0 Å². The number of dihydropyridines is 1. The molecule has 1 saturated heterocycles. The van der Waals surface area contributed by atoms with Crippen molar-refractivity contribution in [3.05, 3.63) is 48.2 Å². The number of ether oxygens (including phenoxy) is 2. The summed E-state index contributed by atoms with van der Waals surface area (Å²) in [6.07, 6.45) is 6.16. The molecule has 1 amide bonds. The Morgan fingerprint density at radius 1 is 1.24 bits per heavy atom. The number of carbonyl (C=O) groups is 1. The molecule has 7 nitrogen and oxygen atoms in total. The van der Waals surface area contributed by atoms with Crippen LogP contribution in [0.1, 0.15) is 26.3 Å². The van der Waals surface area contributed by atoms with E-state index >= 15 is 0 Å². The minimum Gasteiger partial charge on any atom is -0.478 e. The van der Waals surface area contributed by atoms with Gasteiger partial charge >= 0.3 is 0 Å². The highest BCUT2D eigenvalue weighted by molar-refractivity contribution is 5.83. The van der Waals surface area contributed by atoms with Crippen molar-refractivity contribution in [3.8, 4) is 0 Å². The maximum Gasteiger partial charge on any atom is 0.226 e. The zero-order valence-electron chi connectivity index (χ0n) is 19.9. The summed E-state index contributed by atoms with van der Waals surface area (Å²) >= 11 is 0. The molecular formula is C26H36N4O3. The van der Waals surface area contributed by atoms with Gasteiger partial charge in [0.05, 0.1) is 25.2 Å². The lowest BCUT2D eigenvalue weighted by Crippen LogP contribution is -2.44. The summed E-state index contributed by atoms with van der Waals surface area (Å²) in [6, 6.07) is 8.28. The fourth-order valence-electron chi connectivity index (χ4n) is 4.48. The van der Waals surface area contributed by atoms with Gasteiger partial charge in [0, 0.05) is 43.8 Å². The molecule has 3 atom stereocenters. The van der Waals surface area contributed by atoms with E-state index in [1.54, 1.807) is 0 Å². The van der Waals surface area contributed by atoms with Crippen LogP contribution in [0.4, 0.5) is 0 Å². The third-order valence-electron chi connectivity index (χ3n) is 6.12. The Labute approximate surface area is 196 Å². The highest BCUT2D eigenvalue weighted by atomic mass is 16.5. The van der Waals surface area contributed by atoms with Crippen molar-refractivity contribution < 1.29 is 14.3 Å². The number of aromatic nitrogens is 1. The second-order valence-corrected chi connectivity index (χ2v) is 9.48. The number of carbonyl (C=O) groups excluding carboxylic acids is 1. The van der Waals surface area contributed by atoms with Gasteiger partial charge in [-0.15, -0.1) is 0 Å². The summed E-state index contributed by atoms with van der Waals surface area (Å²) in [5.74, 6) is 1.25. The van der Waals surface area contributed by atoms with Crippen LogP contribution in [0.15, 0.2) is 47.6 Å². The summed E-state index contributed by atoms with van der Waals surface area (Å²) in [6.45, 7) is 10.7. The van der Waals surface area contributed by atoms with Gasteiger partial charge in [-0.1, -0.05) is 51.1 Å². The molecule has 4 rings (SSSR count). The van der Waals surface area contributed by atoms with Gasteiger partial charge in [0.15, 0.2) is 5.90 Å². The van der Waals surface area contributed by atoms with Crippen LogP contribution in [-0.2, 0) is 20.8 Å². The van der Waals surface area contributed by atoms with E-state index in [1.807, 2.05) is 18.0 Å². The number of fused-ring (bicyclic) bond motifs is 2. The number of nitrogens with one attached hydrogen (secondary N) is 2. The number of rotatable bonds is 9. The summed E-state index contributed by atoms with van der Waals surface area (Å²) in [7, 11) is 0. The number of para-hydroxylation sites is 1. The zero-order chi connectivity index (χ0) is 23.2. The lowest BCUT2D eigenvalue weighted by molar-refractivity contribution is -0.135. The van der Waals surface area contributed by atoms with Gasteiger partial charge in [0.25, 0.3) is 0 Å². The minimum absolute atomic E-state index is 0.0808. The van der Waals surface area contributed by atoms with Gasteiger partial charge in [-0.25, -0.2) is 4.99 Å². The lowest BCUT2D eigenvalue weighted by Gasteiger charge is -2.30. The smallest absolute Gasteiger partial charge is 0.226 e. The second-order valence-electron chi connectivity index (χ2n) is 9.48. The number of amides is 1. The lowest BCUT2D eigenvalue weighted by atomic mass is 10.0. The molecule has 2 aliphatic heterocycles. The first-order chi connectivity index (χ1) is 16.0. The van der Waals surface area contributed by atoms with Crippen LogP contribution in [0.2, 0.25) is 0 Å². The molecule has 2 aromatic rings. The quantitative estimate of drug-likeness (QED) is 0.572. The van der Waals surface area contributed by atoms with Crippen molar-refractivity contribution in [1.82, 2.24) is 15.2 Å². The van der Waals surface area contributed by atoms with E-state index in [0.717, 1.165) is 18.0 Å². The van der Waals surface area contributed by atoms with Crippen molar-refractivity contribution >= 4 is 22.7 Å². The normalized spacial score (nSPS) is 21.3. The molecule has 0 saturated carbocycles. The Kier molecular flexibility index (Phi) is 7.83. The van der Waals surface area contributed by atoms with Gasteiger partial charge in [-0.2, -0.15) is 0 Å². The predicted molar refractivity (Wildman–Crippen MR) is 131 cm³/mol. The highest BCUT2D eigenvalue weighted by Crippen LogP contribution is 2.19. The standard InChI is InChI=1S/C26H36N4O3/c1-18(2)15-30(16-23-8-7-22-17-32-11-12-33-25(22)29-23)26(31)19(3)13-27-14-21-6-4-5-20-9-10-28-24(20)21/h4-10,18-19,22-23,27-28H,11-17H2,1-3H3/t19-,22?,23?/m1/s1. The molecule has 0 spiro atoms. The molecule has 2 aliphatic rings. The van der Waals surface area contributed by atoms with Gasteiger partial charge < -0.3 is 24.7 Å². The van der Waals surface area contributed by atoms with E-state index in [4.69, 9.17) is 14.5 Å². The SMILES string of the molecule is CC(C)CN(CC1C=CC2COCCOC2=N1)C(=O)[C@H](C)CNCc1cccc2cc[nH]c12. The van der Waals surface area contributed by atoms with E-state index in [0.29, 0.717) is 45.4 Å². The molecule has 2 N–H and O–H groups in total. The van der Waals surface area contributed by atoms with Crippen molar-refractivity contribution in [1.29, 1.82) is 0 Å². The third kappa shape index (κ3) is 6.03. The first-order valence-electron chi connectivity index (χ1n) is 12.0. The molecular weight excluding hydrogens is 416 g/mol. The Hall–Kier alpha value is -2.64. The molecule has 3 heterocycles. The molecule has 178 valence electrons. The summed E-state index contributed by atoms with van der Waals surface area (Å²) in [5, 5.41) is 4.68. The minimum atomic E-state index is -0.123. The van der Waals surface area contributed by atoms with Crippen molar-refractivity contribution in [3.63, 3.8) is 0 Å². The van der Waals surface area contributed by atoms with Gasteiger partial charge in [-0.05, 0) is 22.9 Å². The first kappa shape index (κ1) is 23.5. The van der Waals surface area contributed by atoms with Crippen molar-refractivity contribution in [2.75, 3.05) is 39.5 Å². The third-order valence-corrected chi connectivity index (χ3v) is 6.12. The molecule has 0 bridgehead atoms. The Morgan fingerprint density at radius 2 is 2.12 bits per heavy atom. The van der Waals surface area contributed by atoms with Gasteiger partial charge in [0.1, 0.15) is 6.61 Å². The highest BCUT2D eigenvalue weighted by Gasteiger charge is 2.27. The summed E-state index contributed by atoms with van der Waals surface area (Å²) < 4.78 is 11.3. The number of nitrogens with zero attached hydrogens (tertiary/aromatic N) is 2. The molecule has 33 heavy (non-hydrogen) atoms. The van der Waals surface area contributed by atoms with Crippen molar-refractivity contribution in [2.24, 2.45) is 22.7 Å². The van der Waals surface area contributed by atoms with Crippen molar-refractivity contribution in [2.45, 2.75) is 33.4 Å². The number of hydrogen-bond donors (Lipinski definition) is 2. The van der Waals surface area contributed by atoms with Gasteiger partial charge in [-0.3, -0.25) is 4.79 Å². The largest absolute Gasteiger partial charge is 0.478 e. The molecule has 0 radical (unpaired) electrons. The molecule has 2 unspecified atom stereocenters. The number of aromatic amines is 1. The van der Waals surface area contributed by atoms with E-state index < -0.39 is 0 Å². The molecule has 1 fully saturated rings. The van der Waals surface area contributed by atoms with Crippen LogP contribution in [0.5, 0.6) is 0 Å². The van der Waals surface area contributed by atoms with Crippen LogP contribution in [-0.4, -0.2) is 67.2 Å². The monoisotopic (exact) mass is 452 g/mol. The number of aliphatic imine (C=N–C) groups is 1. The molecule has 7 heteroatoms. The van der Waals surface area contributed by atoms with Crippen LogP contribution < -0.4 is 5.32 Å². The van der Waals surface area contributed by atoms with Crippen LogP contribution in [0.25, 0.3) is 10.9 Å². The summed E-state index contributed by atoms with van der Waals surface area (Å²) in [4.78, 5) is 23.4. The van der Waals surface area contributed by atoms with E-state index in [-0.39, 0.29) is 23.8 Å². The molecule has 1 aromatic heterocycles. The maximum absolute atomic E-state index is 13.4. The Morgan fingerprint density at radius 3 is 2.97 bits per heavy atom. The molecule has 1 aromatic carbocycles. The van der Waals surface area contributed by atoms with Crippen LogP contribution in [0, 0.1) is 17.8 Å². The number of hydrogen-bond acceptors (Lipinski definition) is 5. The van der Waals surface area contributed by atoms with E-state index in [2.05, 4.69) is 60.6 Å². The van der Waals surface area contributed by atoms with E-state index in [1.165, 1.54) is 10.9 Å². The Balaban J connectivity index is 1.35. The predicted octanol–water partition coefficient (Wildman–Crippen LogP) is 3.38. The number of H-pyrrole nitrogens is 1. The zero-order valence-corrected chi connectivity index (χ0v) is 19.9. The fourth-order valence-corrected chi connectivity index (χ4v) is 4.48. The van der Waals surface area contributed by atoms with E-state index in [9.17, 15) is 4.79 Å². The average Bonchev–Trinajstić information content (AvgIpc) is 3.16. The topological polar surface area (TPSA) is 79.0 Å². The summed E-state index contributed by atoms with van der Waals surface area (Å²) in [5.41, 5.74) is 2.36. The number of benzene rings is 1. The van der Waals surface area contributed by atoms with Gasteiger partial charge in [0.2, 0.25) is 5.91 Å². The Bertz CT molecular complexity index is 996.